The Hall–Kier alpha value is -0.860. The third-order valence-corrected chi connectivity index (χ3v) is 3.08. The Bertz CT molecular complexity index is 286. The minimum Gasteiger partial charge on any atom is -0.392 e. The fourth-order valence-corrected chi connectivity index (χ4v) is 2.00. The van der Waals surface area contributed by atoms with E-state index in [2.05, 4.69) is 43.4 Å². The van der Waals surface area contributed by atoms with E-state index in [0.717, 1.165) is 25.7 Å². The molecule has 1 rings (SSSR count). The highest BCUT2D eigenvalue weighted by Crippen LogP contribution is 2.06. The maximum absolute atomic E-state index is 9.70. The summed E-state index contributed by atoms with van der Waals surface area (Å²) in [6.45, 7) is 5.00. The van der Waals surface area contributed by atoms with E-state index in [9.17, 15) is 5.11 Å². The Morgan fingerprint density at radius 1 is 1.18 bits per heavy atom. The molecule has 17 heavy (non-hydrogen) atoms. The molecule has 0 aliphatic carbocycles. The van der Waals surface area contributed by atoms with Gasteiger partial charge in [-0.3, -0.25) is 0 Å². The second kappa shape index (κ2) is 8.26. The lowest BCUT2D eigenvalue weighted by molar-refractivity contribution is 0.156. The normalized spacial score (nSPS) is 14.5. The van der Waals surface area contributed by atoms with Gasteiger partial charge in [-0.1, -0.05) is 50.6 Å². The smallest absolute Gasteiger partial charge is 0.0664 e. The van der Waals surface area contributed by atoms with Gasteiger partial charge in [0.2, 0.25) is 0 Å². The fourth-order valence-electron chi connectivity index (χ4n) is 2.00. The predicted octanol–water partition coefficient (Wildman–Crippen LogP) is 2.76. The molecule has 0 aromatic heterocycles. The minimum absolute atomic E-state index is 0.204. The average Bonchev–Trinajstić information content (AvgIpc) is 2.36. The molecule has 0 aliphatic heterocycles. The van der Waals surface area contributed by atoms with Crippen molar-refractivity contribution in [1.82, 2.24) is 5.32 Å². The van der Waals surface area contributed by atoms with Crippen LogP contribution in [0.1, 0.15) is 38.7 Å². The molecule has 0 aliphatic rings. The van der Waals surface area contributed by atoms with Crippen LogP contribution in [0.3, 0.4) is 0 Å². The summed E-state index contributed by atoms with van der Waals surface area (Å²) in [6, 6.07) is 11.0. The topological polar surface area (TPSA) is 32.3 Å². The molecule has 96 valence electrons. The summed E-state index contributed by atoms with van der Waals surface area (Å²) in [7, 11) is 0. The first-order valence-corrected chi connectivity index (χ1v) is 6.71. The molecule has 0 amide bonds. The predicted molar refractivity (Wildman–Crippen MR) is 73.1 cm³/mol. The van der Waals surface area contributed by atoms with E-state index in [1.807, 2.05) is 6.07 Å². The number of benzene rings is 1. The molecule has 2 heteroatoms. The number of hydrogen-bond donors (Lipinski definition) is 2. The van der Waals surface area contributed by atoms with Gasteiger partial charge >= 0.3 is 0 Å². The Morgan fingerprint density at radius 2 is 1.88 bits per heavy atom. The zero-order valence-corrected chi connectivity index (χ0v) is 11.0. The molecular formula is C15H25NO. The van der Waals surface area contributed by atoms with Crippen LogP contribution >= 0.6 is 0 Å². The maximum atomic E-state index is 9.70. The van der Waals surface area contributed by atoms with Crippen molar-refractivity contribution < 1.29 is 5.11 Å². The molecule has 2 unspecified atom stereocenters. The van der Waals surface area contributed by atoms with Gasteiger partial charge in [-0.25, -0.2) is 0 Å². The Labute approximate surface area is 105 Å². The number of nitrogens with one attached hydrogen (secondary N) is 1. The molecule has 0 saturated heterocycles. The number of aliphatic hydroxyl groups is 1. The summed E-state index contributed by atoms with van der Waals surface area (Å²) >= 11 is 0. The molecule has 0 fully saturated rings. The van der Waals surface area contributed by atoms with Gasteiger partial charge in [-0.15, -0.1) is 0 Å². The first-order chi connectivity index (χ1) is 8.26. The number of aliphatic hydroxyl groups excluding tert-OH is 1. The lowest BCUT2D eigenvalue weighted by Gasteiger charge is -2.19. The van der Waals surface area contributed by atoms with Gasteiger partial charge in [0.1, 0.15) is 0 Å². The SMILES string of the molecule is CCCC(O)CNC(CC)Cc1ccccc1. The minimum atomic E-state index is -0.204. The first-order valence-electron chi connectivity index (χ1n) is 6.71. The zero-order chi connectivity index (χ0) is 12.5. The summed E-state index contributed by atoms with van der Waals surface area (Å²) < 4.78 is 0. The van der Waals surface area contributed by atoms with Crippen molar-refractivity contribution in [2.24, 2.45) is 0 Å². The molecule has 1 aromatic rings. The highest BCUT2D eigenvalue weighted by molar-refractivity contribution is 5.15. The Kier molecular flexibility index (Phi) is 6.90. The quantitative estimate of drug-likeness (QED) is 0.726. The van der Waals surface area contributed by atoms with Crippen LogP contribution in [0.15, 0.2) is 30.3 Å². The van der Waals surface area contributed by atoms with Crippen LogP contribution in [-0.2, 0) is 6.42 Å². The molecule has 0 radical (unpaired) electrons. The molecule has 2 N–H and O–H groups in total. The van der Waals surface area contributed by atoms with Crippen molar-refractivity contribution in [1.29, 1.82) is 0 Å². The Morgan fingerprint density at radius 3 is 2.47 bits per heavy atom. The second-order valence-corrected chi connectivity index (χ2v) is 4.65. The standard InChI is InChI=1S/C15H25NO/c1-3-8-15(17)12-16-14(4-2)11-13-9-6-5-7-10-13/h5-7,9-10,14-17H,3-4,8,11-12H2,1-2H3. The third kappa shape index (κ3) is 5.85. The molecular weight excluding hydrogens is 210 g/mol. The molecule has 0 spiro atoms. The molecule has 1 aromatic carbocycles. The van der Waals surface area contributed by atoms with Crippen LogP contribution in [0.25, 0.3) is 0 Å². The van der Waals surface area contributed by atoms with E-state index in [1.54, 1.807) is 0 Å². The lowest BCUT2D eigenvalue weighted by Crippen LogP contribution is -2.36. The maximum Gasteiger partial charge on any atom is 0.0664 e. The third-order valence-electron chi connectivity index (χ3n) is 3.08. The van der Waals surface area contributed by atoms with Gasteiger partial charge < -0.3 is 10.4 Å². The Balaban J connectivity index is 2.34. The van der Waals surface area contributed by atoms with Gasteiger partial charge in [0.05, 0.1) is 6.10 Å². The molecule has 2 atom stereocenters. The van der Waals surface area contributed by atoms with E-state index in [-0.39, 0.29) is 6.10 Å². The van der Waals surface area contributed by atoms with E-state index >= 15 is 0 Å². The summed E-state index contributed by atoms with van der Waals surface area (Å²) in [4.78, 5) is 0. The van der Waals surface area contributed by atoms with Crippen molar-refractivity contribution in [3.8, 4) is 0 Å². The summed E-state index contributed by atoms with van der Waals surface area (Å²) in [5, 5.41) is 13.1. The van der Waals surface area contributed by atoms with Crippen LogP contribution in [0.2, 0.25) is 0 Å². The molecule has 0 saturated carbocycles. The van der Waals surface area contributed by atoms with Crippen molar-refractivity contribution in [2.75, 3.05) is 6.54 Å². The molecule has 2 nitrogen and oxygen atoms in total. The molecule has 0 heterocycles. The van der Waals surface area contributed by atoms with Crippen LogP contribution in [0.5, 0.6) is 0 Å². The largest absolute Gasteiger partial charge is 0.392 e. The summed E-state index contributed by atoms with van der Waals surface area (Å²) in [5.74, 6) is 0. The average molecular weight is 235 g/mol. The first kappa shape index (κ1) is 14.2. The van der Waals surface area contributed by atoms with Gasteiger partial charge in [-0.05, 0) is 24.8 Å². The van der Waals surface area contributed by atoms with Crippen LogP contribution in [0.4, 0.5) is 0 Å². The monoisotopic (exact) mass is 235 g/mol. The van der Waals surface area contributed by atoms with Gasteiger partial charge in [0, 0.05) is 12.6 Å². The molecule has 0 bridgehead atoms. The van der Waals surface area contributed by atoms with Gasteiger partial charge in [-0.2, -0.15) is 0 Å². The van der Waals surface area contributed by atoms with E-state index in [4.69, 9.17) is 0 Å². The summed E-state index contributed by atoms with van der Waals surface area (Å²) in [6.07, 6.45) is 3.85. The highest BCUT2D eigenvalue weighted by Gasteiger charge is 2.09. The fraction of sp³-hybridized carbons (Fsp3) is 0.600. The van der Waals surface area contributed by atoms with Crippen LogP contribution in [-0.4, -0.2) is 23.8 Å². The van der Waals surface area contributed by atoms with Crippen molar-refractivity contribution in [3.63, 3.8) is 0 Å². The highest BCUT2D eigenvalue weighted by atomic mass is 16.3. The number of hydrogen-bond acceptors (Lipinski definition) is 2. The van der Waals surface area contributed by atoms with Crippen LogP contribution < -0.4 is 5.32 Å². The van der Waals surface area contributed by atoms with E-state index < -0.39 is 0 Å². The lowest BCUT2D eigenvalue weighted by atomic mass is 10.0. The van der Waals surface area contributed by atoms with Gasteiger partial charge in [0.25, 0.3) is 0 Å². The van der Waals surface area contributed by atoms with Gasteiger partial charge in [0.15, 0.2) is 0 Å². The zero-order valence-electron chi connectivity index (χ0n) is 11.0. The number of rotatable bonds is 8. The summed E-state index contributed by atoms with van der Waals surface area (Å²) in [5.41, 5.74) is 1.36. The van der Waals surface area contributed by atoms with Crippen molar-refractivity contribution in [2.45, 2.75) is 51.7 Å². The van der Waals surface area contributed by atoms with Crippen molar-refractivity contribution >= 4 is 0 Å². The van der Waals surface area contributed by atoms with E-state index in [1.165, 1.54) is 5.56 Å². The van der Waals surface area contributed by atoms with Crippen molar-refractivity contribution in [3.05, 3.63) is 35.9 Å². The van der Waals surface area contributed by atoms with E-state index in [0.29, 0.717) is 12.6 Å². The van der Waals surface area contributed by atoms with Crippen LogP contribution in [0, 0.1) is 0 Å². The second-order valence-electron chi connectivity index (χ2n) is 4.65.